The number of nitrogens with one attached hydrogen (secondary N) is 1. The molecule has 3 unspecified atom stereocenters. The van der Waals surface area contributed by atoms with Gasteiger partial charge in [0.15, 0.2) is 18.0 Å². The largest absolute Gasteiger partial charge is 0.453 e. The number of hydrogen-bond donors (Lipinski definition) is 1. The number of benzene rings is 1. The molecule has 1 amide bonds. The fourth-order valence-corrected chi connectivity index (χ4v) is 2.59. The third-order valence-electron chi connectivity index (χ3n) is 3.64. The number of fused-ring (bicyclic) bond motifs is 1. The second kappa shape index (κ2) is 6.48. The van der Waals surface area contributed by atoms with Crippen molar-refractivity contribution in [2.45, 2.75) is 32.2 Å². The van der Waals surface area contributed by atoms with Crippen LogP contribution in [-0.2, 0) is 23.9 Å². The molecule has 8 heteroatoms. The molecule has 1 aromatic carbocycles. The molecular weight excluding hydrogens is 330 g/mol. The number of ether oxygens (including phenoxy) is 3. The van der Waals surface area contributed by atoms with Gasteiger partial charge in [-0.1, -0.05) is 12.1 Å². The summed E-state index contributed by atoms with van der Waals surface area (Å²) < 4.78 is 15.4. The number of ketones is 1. The highest BCUT2D eigenvalue weighted by molar-refractivity contribution is 6.02. The molecule has 1 saturated heterocycles. The Labute approximate surface area is 142 Å². The number of esters is 2. The van der Waals surface area contributed by atoms with Crippen molar-refractivity contribution >= 4 is 23.6 Å². The van der Waals surface area contributed by atoms with Gasteiger partial charge in [-0.05, 0) is 12.1 Å². The summed E-state index contributed by atoms with van der Waals surface area (Å²) in [6, 6.07) is 6.16. The summed E-state index contributed by atoms with van der Waals surface area (Å²) in [4.78, 5) is 46.8. The molecule has 1 aromatic rings. The molecule has 1 N–H and O–H groups in total. The number of carbonyl (C=O) groups excluding carboxylic acids is 4. The second-order valence-electron chi connectivity index (χ2n) is 5.60. The molecule has 130 valence electrons. The Morgan fingerprint density at radius 3 is 2.52 bits per heavy atom. The van der Waals surface area contributed by atoms with Crippen LogP contribution in [0.2, 0.25) is 0 Å². The van der Waals surface area contributed by atoms with Gasteiger partial charge in [0, 0.05) is 19.9 Å². The lowest BCUT2D eigenvalue weighted by molar-refractivity contribution is -0.146. The number of rotatable bonds is 4. The standard InChI is InChI=1S/C17H15NO7/c1-8(19)23-13-6-4-3-5-10(13)17(22)18-11-7-12(21)15-16(25-15)14(11)24-9(2)20/h3-7,14-16H,1-2H3,(H,18,22). The molecule has 8 nitrogen and oxygen atoms in total. The summed E-state index contributed by atoms with van der Waals surface area (Å²) in [6.45, 7) is 2.45. The lowest BCUT2D eigenvalue weighted by atomic mass is 10.00. The predicted octanol–water partition coefficient (Wildman–Crippen LogP) is 0.507. The second-order valence-corrected chi connectivity index (χ2v) is 5.60. The van der Waals surface area contributed by atoms with Crippen LogP contribution in [0.15, 0.2) is 36.0 Å². The van der Waals surface area contributed by atoms with E-state index in [1.165, 1.54) is 32.1 Å². The van der Waals surface area contributed by atoms with Gasteiger partial charge in [0.05, 0.1) is 11.3 Å². The first-order chi connectivity index (χ1) is 11.9. The van der Waals surface area contributed by atoms with Crippen molar-refractivity contribution in [3.05, 3.63) is 41.6 Å². The average Bonchev–Trinajstić information content (AvgIpc) is 3.32. The van der Waals surface area contributed by atoms with Gasteiger partial charge in [0.25, 0.3) is 5.91 Å². The first kappa shape index (κ1) is 16.8. The average molecular weight is 345 g/mol. The highest BCUT2D eigenvalue weighted by Crippen LogP contribution is 2.35. The van der Waals surface area contributed by atoms with E-state index in [2.05, 4.69) is 5.32 Å². The van der Waals surface area contributed by atoms with Crippen LogP contribution in [0, 0.1) is 0 Å². The van der Waals surface area contributed by atoms with Crippen LogP contribution >= 0.6 is 0 Å². The summed E-state index contributed by atoms with van der Waals surface area (Å²) in [6.07, 6.45) is -0.919. The van der Waals surface area contributed by atoms with Crippen molar-refractivity contribution in [3.8, 4) is 5.75 Å². The maximum Gasteiger partial charge on any atom is 0.308 e. The Morgan fingerprint density at radius 1 is 1.12 bits per heavy atom. The van der Waals surface area contributed by atoms with E-state index in [1.54, 1.807) is 12.1 Å². The molecule has 1 fully saturated rings. The van der Waals surface area contributed by atoms with E-state index in [9.17, 15) is 19.2 Å². The molecule has 0 radical (unpaired) electrons. The van der Waals surface area contributed by atoms with Crippen LogP contribution in [0.5, 0.6) is 5.75 Å². The van der Waals surface area contributed by atoms with E-state index in [-0.39, 0.29) is 22.8 Å². The minimum Gasteiger partial charge on any atom is -0.453 e. The third kappa shape index (κ3) is 3.58. The number of para-hydroxylation sites is 1. The zero-order chi connectivity index (χ0) is 18.1. The van der Waals surface area contributed by atoms with E-state index in [0.717, 1.165) is 0 Å². The normalized spacial score (nSPS) is 23.8. The van der Waals surface area contributed by atoms with Crippen LogP contribution < -0.4 is 10.1 Å². The molecule has 2 aliphatic rings. The van der Waals surface area contributed by atoms with Gasteiger partial charge in [-0.25, -0.2) is 0 Å². The fourth-order valence-electron chi connectivity index (χ4n) is 2.59. The highest BCUT2D eigenvalue weighted by atomic mass is 16.6. The molecule has 3 atom stereocenters. The molecule has 0 bridgehead atoms. The highest BCUT2D eigenvalue weighted by Gasteiger charge is 2.55. The number of carbonyl (C=O) groups is 4. The molecule has 1 aliphatic heterocycles. The van der Waals surface area contributed by atoms with E-state index in [4.69, 9.17) is 14.2 Å². The summed E-state index contributed by atoms with van der Waals surface area (Å²) in [5, 5.41) is 2.54. The summed E-state index contributed by atoms with van der Waals surface area (Å²) >= 11 is 0. The van der Waals surface area contributed by atoms with Crippen LogP contribution in [0.1, 0.15) is 24.2 Å². The molecule has 1 heterocycles. The van der Waals surface area contributed by atoms with Gasteiger partial charge >= 0.3 is 11.9 Å². The van der Waals surface area contributed by atoms with Crippen molar-refractivity contribution in [3.63, 3.8) is 0 Å². The van der Waals surface area contributed by atoms with Crippen LogP contribution in [-0.4, -0.2) is 41.9 Å². The van der Waals surface area contributed by atoms with Crippen LogP contribution in [0.3, 0.4) is 0 Å². The Morgan fingerprint density at radius 2 is 1.84 bits per heavy atom. The molecular formula is C17H15NO7. The zero-order valence-electron chi connectivity index (χ0n) is 13.5. The Kier molecular flexibility index (Phi) is 4.37. The topological polar surface area (TPSA) is 111 Å². The van der Waals surface area contributed by atoms with Crippen molar-refractivity contribution in [1.82, 2.24) is 5.32 Å². The predicted molar refractivity (Wildman–Crippen MR) is 82.5 cm³/mol. The van der Waals surface area contributed by atoms with E-state index >= 15 is 0 Å². The maximum atomic E-state index is 12.5. The monoisotopic (exact) mass is 345 g/mol. The van der Waals surface area contributed by atoms with E-state index in [1.807, 2.05) is 0 Å². The fraction of sp³-hybridized carbons (Fsp3) is 0.294. The van der Waals surface area contributed by atoms with Crippen molar-refractivity contribution < 1.29 is 33.4 Å². The molecule has 0 aromatic heterocycles. The summed E-state index contributed by atoms with van der Waals surface area (Å²) in [7, 11) is 0. The number of hydrogen-bond acceptors (Lipinski definition) is 7. The van der Waals surface area contributed by atoms with Crippen molar-refractivity contribution in [1.29, 1.82) is 0 Å². The third-order valence-corrected chi connectivity index (χ3v) is 3.64. The minimum absolute atomic E-state index is 0.0832. The smallest absolute Gasteiger partial charge is 0.308 e. The molecule has 25 heavy (non-hydrogen) atoms. The van der Waals surface area contributed by atoms with Crippen molar-refractivity contribution in [2.24, 2.45) is 0 Å². The van der Waals surface area contributed by atoms with Gasteiger partial charge in [0.2, 0.25) is 0 Å². The Balaban J connectivity index is 1.83. The van der Waals surface area contributed by atoms with Gasteiger partial charge in [-0.15, -0.1) is 0 Å². The van der Waals surface area contributed by atoms with Crippen LogP contribution in [0.25, 0.3) is 0 Å². The quantitative estimate of drug-likeness (QED) is 0.481. The molecule has 1 aliphatic carbocycles. The Hall–Kier alpha value is -3.00. The summed E-state index contributed by atoms with van der Waals surface area (Å²) in [5.41, 5.74) is 0.230. The van der Waals surface area contributed by atoms with E-state index in [0.29, 0.717) is 0 Å². The number of epoxide rings is 1. The first-order valence-corrected chi connectivity index (χ1v) is 7.53. The molecule has 0 spiro atoms. The number of amides is 1. The summed E-state index contributed by atoms with van der Waals surface area (Å²) in [5.74, 6) is -1.96. The van der Waals surface area contributed by atoms with Gasteiger partial charge in [-0.2, -0.15) is 0 Å². The van der Waals surface area contributed by atoms with E-state index < -0.39 is 36.2 Å². The SMILES string of the molecule is CC(=O)Oc1ccccc1C(=O)NC1=CC(=O)C2OC2C1OC(C)=O. The Bertz CT molecular complexity index is 798. The molecule has 3 rings (SSSR count). The van der Waals surface area contributed by atoms with Crippen LogP contribution in [0.4, 0.5) is 0 Å². The first-order valence-electron chi connectivity index (χ1n) is 7.53. The maximum absolute atomic E-state index is 12.5. The zero-order valence-corrected chi connectivity index (χ0v) is 13.5. The van der Waals surface area contributed by atoms with Gasteiger partial charge < -0.3 is 19.5 Å². The van der Waals surface area contributed by atoms with Gasteiger partial charge in [-0.3, -0.25) is 19.2 Å². The van der Waals surface area contributed by atoms with Gasteiger partial charge in [0.1, 0.15) is 11.9 Å². The van der Waals surface area contributed by atoms with Crippen molar-refractivity contribution in [2.75, 3.05) is 0 Å². The lowest BCUT2D eigenvalue weighted by Crippen LogP contribution is -2.40. The lowest BCUT2D eigenvalue weighted by Gasteiger charge is -2.21. The minimum atomic E-state index is -0.870. The molecule has 0 saturated carbocycles.